The van der Waals surface area contributed by atoms with Crippen LogP contribution in [0, 0.1) is 0 Å². The molecular weight excluding hydrogens is 334 g/mol. The Labute approximate surface area is 160 Å². The van der Waals surface area contributed by atoms with Crippen molar-refractivity contribution in [2.75, 3.05) is 0 Å². The number of ether oxygens (including phenoxy) is 1. The van der Waals surface area contributed by atoms with Crippen LogP contribution in [0.1, 0.15) is 43.0 Å². The van der Waals surface area contributed by atoms with E-state index in [-0.39, 0.29) is 11.9 Å². The molecule has 0 saturated carbocycles. The lowest BCUT2D eigenvalue weighted by Crippen LogP contribution is -2.37. The largest absolute Gasteiger partial charge is 0.481 e. The third kappa shape index (κ3) is 3.82. The number of hydrogen-bond donors (Lipinski definition) is 1. The van der Waals surface area contributed by atoms with Crippen molar-refractivity contribution in [1.82, 2.24) is 5.32 Å². The fourth-order valence-corrected chi connectivity index (χ4v) is 3.77. The van der Waals surface area contributed by atoms with E-state index in [0.29, 0.717) is 5.75 Å². The first-order valence-electron chi connectivity index (χ1n) is 9.68. The van der Waals surface area contributed by atoms with Crippen LogP contribution in [0.2, 0.25) is 0 Å². The average molecular weight is 359 g/mol. The SMILES string of the molecule is CC(Oc1ccc2ccccc2c1)C(=O)NC(C)c1ccc2c(c1)CCC2. The highest BCUT2D eigenvalue weighted by Crippen LogP contribution is 2.26. The van der Waals surface area contributed by atoms with Crippen LogP contribution in [-0.2, 0) is 17.6 Å². The lowest BCUT2D eigenvalue weighted by atomic mass is 10.0. The monoisotopic (exact) mass is 359 g/mol. The van der Waals surface area contributed by atoms with Crippen LogP contribution in [0.5, 0.6) is 5.75 Å². The highest BCUT2D eigenvalue weighted by molar-refractivity contribution is 5.84. The van der Waals surface area contributed by atoms with E-state index in [9.17, 15) is 4.79 Å². The topological polar surface area (TPSA) is 38.3 Å². The number of carbonyl (C=O) groups is 1. The van der Waals surface area contributed by atoms with Crippen LogP contribution in [0.25, 0.3) is 10.8 Å². The van der Waals surface area contributed by atoms with E-state index in [4.69, 9.17) is 4.74 Å². The molecule has 0 bridgehead atoms. The summed E-state index contributed by atoms with van der Waals surface area (Å²) in [5.41, 5.74) is 4.03. The van der Waals surface area contributed by atoms with Crippen LogP contribution in [-0.4, -0.2) is 12.0 Å². The Bertz CT molecular complexity index is 979. The Morgan fingerprint density at radius 2 is 1.70 bits per heavy atom. The molecule has 27 heavy (non-hydrogen) atoms. The van der Waals surface area contributed by atoms with E-state index in [1.165, 1.54) is 24.0 Å². The van der Waals surface area contributed by atoms with Gasteiger partial charge in [0.05, 0.1) is 6.04 Å². The number of amides is 1. The van der Waals surface area contributed by atoms with Crippen LogP contribution in [0.4, 0.5) is 0 Å². The second-order valence-corrected chi connectivity index (χ2v) is 7.38. The number of aryl methyl sites for hydroxylation is 2. The van der Waals surface area contributed by atoms with Crippen molar-refractivity contribution in [2.24, 2.45) is 0 Å². The molecule has 2 atom stereocenters. The Kier molecular flexibility index (Phi) is 4.85. The maximum atomic E-state index is 12.6. The zero-order valence-corrected chi connectivity index (χ0v) is 15.9. The first-order chi connectivity index (χ1) is 13.1. The molecule has 3 aromatic carbocycles. The van der Waals surface area contributed by atoms with Gasteiger partial charge in [-0.2, -0.15) is 0 Å². The van der Waals surface area contributed by atoms with Gasteiger partial charge in [0, 0.05) is 0 Å². The van der Waals surface area contributed by atoms with Gasteiger partial charge >= 0.3 is 0 Å². The summed E-state index contributed by atoms with van der Waals surface area (Å²) in [6.45, 7) is 3.82. The first-order valence-corrected chi connectivity index (χ1v) is 9.68. The Hall–Kier alpha value is -2.81. The molecule has 0 aromatic heterocycles. The number of carbonyl (C=O) groups excluding carboxylic acids is 1. The molecule has 1 amide bonds. The quantitative estimate of drug-likeness (QED) is 0.698. The molecule has 0 spiro atoms. The molecule has 0 aliphatic heterocycles. The lowest BCUT2D eigenvalue weighted by molar-refractivity contribution is -0.127. The summed E-state index contributed by atoms with van der Waals surface area (Å²) in [6, 6.07) is 20.6. The minimum absolute atomic E-state index is 0.0361. The van der Waals surface area contributed by atoms with Crippen molar-refractivity contribution in [3.8, 4) is 5.75 Å². The Balaban J connectivity index is 1.40. The number of nitrogens with one attached hydrogen (secondary N) is 1. The van der Waals surface area contributed by atoms with E-state index in [1.807, 2.05) is 43.3 Å². The van der Waals surface area contributed by atoms with E-state index < -0.39 is 6.10 Å². The maximum absolute atomic E-state index is 12.6. The van der Waals surface area contributed by atoms with Crippen molar-refractivity contribution >= 4 is 16.7 Å². The van der Waals surface area contributed by atoms with Crippen LogP contribution in [0.15, 0.2) is 60.7 Å². The summed E-state index contributed by atoms with van der Waals surface area (Å²) in [4.78, 5) is 12.6. The molecule has 0 saturated heterocycles. The molecule has 2 unspecified atom stereocenters. The third-order valence-electron chi connectivity index (χ3n) is 5.38. The van der Waals surface area contributed by atoms with Gasteiger partial charge in [-0.3, -0.25) is 4.79 Å². The van der Waals surface area contributed by atoms with Gasteiger partial charge < -0.3 is 10.1 Å². The van der Waals surface area contributed by atoms with Gasteiger partial charge in [-0.15, -0.1) is 0 Å². The second-order valence-electron chi connectivity index (χ2n) is 7.38. The number of benzene rings is 3. The molecule has 0 fully saturated rings. The van der Waals surface area contributed by atoms with Gasteiger partial charge in [-0.05, 0) is 72.7 Å². The van der Waals surface area contributed by atoms with Gasteiger partial charge in [0.15, 0.2) is 6.10 Å². The molecule has 0 heterocycles. The lowest BCUT2D eigenvalue weighted by Gasteiger charge is -2.20. The summed E-state index contributed by atoms with van der Waals surface area (Å²) in [6.07, 6.45) is 3.00. The number of rotatable bonds is 5. The van der Waals surface area contributed by atoms with Crippen LogP contribution >= 0.6 is 0 Å². The molecule has 4 rings (SSSR count). The van der Waals surface area contributed by atoms with Crippen molar-refractivity contribution in [3.05, 3.63) is 77.4 Å². The van der Waals surface area contributed by atoms with Crippen molar-refractivity contribution < 1.29 is 9.53 Å². The number of hydrogen-bond acceptors (Lipinski definition) is 2. The smallest absolute Gasteiger partial charge is 0.261 e. The van der Waals surface area contributed by atoms with Gasteiger partial charge in [0.25, 0.3) is 5.91 Å². The highest BCUT2D eigenvalue weighted by atomic mass is 16.5. The summed E-state index contributed by atoms with van der Waals surface area (Å²) in [5.74, 6) is 0.609. The Morgan fingerprint density at radius 1 is 0.926 bits per heavy atom. The minimum Gasteiger partial charge on any atom is -0.481 e. The molecule has 3 heteroatoms. The average Bonchev–Trinajstić information content (AvgIpc) is 3.15. The first kappa shape index (κ1) is 17.6. The van der Waals surface area contributed by atoms with Gasteiger partial charge in [0.1, 0.15) is 5.75 Å². The Morgan fingerprint density at radius 3 is 2.56 bits per heavy atom. The molecule has 3 aromatic rings. The summed E-state index contributed by atoms with van der Waals surface area (Å²) < 4.78 is 5.88. The summed E-state index contributed by atoms with van der Waals surface area (Å²) in [7, 11) is 0. The molecular formula is C24H25NO2. The molecule has 1 aliphatic rings. The van der Waals surface area contributed by atoms with Crippen molar-refractivity contribution in [1.29, 1.82) is 0 Å². The summed E-state index contributed by atoms with van der Waals surface area (Å²) >= 11 is 0. The van der Waals surface area contributed by atoms with Crippen LogP contribution < -0.4 is 10.1 Å². The predicted octanol–water partition coefficient (Wildman–Crippen LogP) is 4.97. The zero-order valence-electron chi connectivity index (χ0n) is 15.9. The van der Waals surface area contributed by atoms with E-state index in [1.54, 1.807) is 6.92 Å². The zero-order chi connectivity index (χ0) is 18.8. The van der Waals surface area contributed by atoms with Crippen molar-refractivity contribution in [3.63, 3.8) is 0 Å². The molecule has 1 N–H and O–H groups in total. The molecule has 138 valence electrons. The second kappa shape index (κ2) is 7.43. The highest BCUT2D eigenvalue weighted by Gasteiger charge is 2.19. The molecule has 1 aliphatic carbocycles. The normalized spacial score (nSPS) is 15.2. The minimum atomic E-state index is -0.553. The third-order valence-corrected chi connectivity index (χ3v) is 5.38. The fourth-order valence-electron chi connectivity index (χ4n) is 3.77. The predicted molar refractivity (Wildman–Crippen MR) is 109 cm³/mol. The maximum Gasteiger partial charge on any atom is 0.261 e. The molecule has 3 nitrogen and oxygen atoms in total. The van der Waals surface area contributed by atoms with Crippen LogP contribution in [0.3, 0.4) is 0 Å². The molecule has 0 radical (unpaired) electrons. The van der Waals surface area contributed by atoms with E-state index in [2.05, 4.69) is 29.6 Å². The van der Waals surface area contributed by atoms with Gasteiger partial charge in [-0.25, -0.2) is 0 Å². The van der Waals surface area contributed by atoms with E-state index in [0.717, 1.165) is 22.8 Å². The standard InChI is InChI=1S/C24H25NO2/c1-16(20-11-10-19-8-5-9-21(19)14-20)25-24(26)17(2)27-23-13-12-18-6-3-4-7-22(18)15-23/h3-4,6-7,10-17H,5,8-9H2,1-2H3,(H,25,26). The fraction of sp³-hybridized carbons (Fsp3) is 0.292. The van der Waals surface area contributed by atoms with Gasteiger partial charge in [-0.1, -0.05) is 48.5 Å². The number of fused-ring (bicyclic) bond motifs is 2. The van der Waals surface area contributed by atoms with Gasteiger partial charge in [0.2, 0.25) is 0 Å². The van der Waals surface area contributed by atoms with Crippen molar-refractivity contribution in [2.45, 2.75) is 45.3 Å². The van der Waals surface area contributed by atoms with E-state index >= 15 is 0 Å². The summed E-state index contributed by atoms with van der Waals surface area (Å²) in [5, 5.41) is 5.35.